The van der Waals surface area contributed by atoms with Crippen LogP contribution in [0, 0.1) is 0 Å². The summed E-state index contributed by atoms with van der Waals surface area (Å²) in [5.74, 6) is -5.40. The first-order chi connectivity index (χ1) is 9.42. The maximum Gasteiger partial charge on any atom is 0.324 e. The lowest BCUT2D eigenvalue weighted by atomic mass is 10.1. The van der Waals surface area contributed by atoms with E-state index >= 15 is 0 Å². The first-order valence-electron chi connectivity index (χ1n) is 5.91. The number of amides is 1. The molecule has 120 valence electrons. The number of hydrogen-bond acceptors (Lipinski definition) is 5. The standard InChI is InChI=1S/C11H16F4N4OS/c1-10(2,3)19-9-18-6(16)5(21-9)7(20)17-4-11(14,15)8(12)13/h8H,4,16H2,1-3H3,(H,17,20)(H,18,19). The lowest BCUT2D eigenvalue weighted by Crippen LogP contribution is -2.41. The van der Waals surface area contributed by atoms with Crippen molar-refractivity contribution in [3.63, 3.8) is 0 Å². The number of nitrogens with two attached hydrogens (primary N) is 1. The van der Waals surface area contributed by atoms with Crippen molar-refractivity contribution < 1.29 is 22.4 Å². The number of carbonyl (C=O) groups excluding carboxylic acids is 1. The maximum absolute atomic E-state index is 12.7. The van der Waals surface area contributed by atoms with E-state index in [4.69, 9.17) is 5.73 Å². The molecule has 0 spiro atoms. The van der Waals surface area contributed by atoms with E-state index in [-0.39, 0.29) is 16.2 Å². The molecule has 0 aliphatic carbocycles. The summed E-state index contributed by atoms with van der Waals surface area (Å²) in [4.78, 5) is 15.5. The fourth-order valence-electron chi connectivity index (χ4n) is 1.22. The second-order valence-electron chi connectivity index (χ2n) is 5.35. The molecule has 1 aromatic heterocycles. The van der Waals surface area contributed by atoms with Gasteiger partial charge in [-0.05, 0) is 20.8 Å². The summed E-state index contributed by atoms with van der Waals surface area (Å²) in [6.45, 7) is 4.09. The molecule has 0 aliphatic rings. The number of nitrogens with one attached hydrogen (secondary N) is 2. The second kappa shape index (κ2) is 6.04. The monoisotopic (exact) mass is 328 g/mol. The zero-order valence-corrected chi connectivity index (χ0v) is 12.5. The van der Waals surface area contributed by atoms with Gasteiger partial charge in [-0.1, -0.05) is 11.3 Å². The molecule has 0 bridgehead atoms. The van der Waals surface area contributed by atoms with E-state index < -0.39 is 24.8 Å². The molecule has 1 amide bonds. The lowest BCUT2D eigenvalue weighted by Gasteiger charge is -2.19. The second-order valence-corrected chi connectivity index (χ2v) is 6.35. The Labute approximate surface area is 122 Å². The van der Waals surface area contributed by atoms with Gasteiger partial charge in [0.2, 0.25) is 0 Å². The van der Waals surface area contributed by atoms with Crippen LogP contribution in [-0.4, -0.2) is 35.3 Å². The van der Waals surface area contributed by atoms with Gasteiger partial charge in [0.05, 0.1) is 6.54 Å². The average molecular weight is 328 g/mol. The number of halogens is 4. The predicted molar refractivity (Wildman–Crippen MR) is 73.2 cm³/mol. The van der Waals surface area contributed by atoms with Gasteiger partial charge in [-0.3, -0.25) is 4.79 Å². The first kappa shape index (κ1) is 17.5. The van der Waals surface area contributed by atoms with Gasteiger partial charge in [-0.25, -0.2) is 13.8 Å². The van der Waals surface area contributed by atoms with Crippen molar-refractivity contribution >= 4 is 28.2 Å². The molecular weight excluding hydrogens is 312 g/mol. The molecular formula is C11H16F4N4OS. The number of alkyl halides is 4. The Morgan fingerprint density at radius 3 is 2.43 bits per heavy atom. The van der Waals surface area contributed by atoms with E-state index in [1.807, 2.05) is 20.8 Å². The summed E-state index contributed by atoms with van der Waals surface area (Å²) in [6.07, 6.45) is -3.85. The smallest absolute Gasteiger partial charge is 0.324 e. The quantitative estimate of drug-likeness (QED) is 0.726. The highest BCUT2D eigenvalue weighted by Gasteiger charge is 2.41. The van der Waals surface area contributed by atoms with E-state index in [0.29, 0.717) is 5.13 Å². The Balaban J connectivity index is 2.75. The van der Waals surface area contributed by atoms with Gasteiger partial charge in [0.15, 0.2) is 5.13 Å². The van der Waals surface area contributed by atoms with Crippen LogP contribution in [0.4, 0.5) is 28.5 Å². The molecule has 1 heterocycles. The van der Waals surface area contributed by atoms with Crippen LogP contribution < -0.4 is 16.4 Å². The highest BCUT2D eigenvalue weighted by molar-refractivity contribution is 7.18. The highest BCUT2D eigenvalue weighted by atomic mass is 32.1. The molecule has 10 heteroatoms. The molecule has 0 atom stereocenters. The van der Waals surface area contributed by atoms with Gasteiger partial charge in [-0.2, -0.15) is 8.78 Å². The summed E-state index contributed by atoms with van der Waals surface area (Å²) in [7, 11) is 0. The molecule has 5 nitrogen and oxygen atoms in total. The number of aromatic nitrogens is 1. The molecule has 0 fully saturated rings. The Morgan fingerprint density at radius 2 is 1.95 bits per heavy atom. The van der Waals surface area contributed by atoms with Crippen LogP contribution in [0.5, 0.6) is 0 Å². The van der Waals surface area contributed by atoms with Crippen LogP contribution in [0.15, 0.2) is 0 Å². The Kier molecular flexibility index (Phi) is 5.03. The Hall–Kier alpha value is -1.58. The van der Waals surface area contributed by atoms with Crippen LogP contribution >= 0.6 is 11.3 Å². The molecule has 21 heavy (non-hydrogen) atoms. The summed E-state index contributed by atoms with van der Waals surface area (Å²) >= 11 is 0.862. The molecule has 0 saturated heterocycles. The molecule has 1 aromatic rings. The number of anilines is 2. The van der Waals surface area contributed by atoms with Gasteiger partial charge in [0.1, 0.15) is 10.7 Å². The van der Waals surface area contributed by atoms with Gasteiger partial charge >= 0.3 is 12.3 Å². The average Bonchev–Trinajstić information content (AvgIpc) is 2.64. The van der Waals surface area contributed by atoms with E-state index in [1.165, 1.54) is 0 Å². The Morgan fingerprint density at radius 1 is 1.38 bits per heavy atom. The number of carbonyl (C=O) groups is 1. The lowest BCUT2D eigenvalue weighted by molar-refractivity contribution is -0.123. The van der Waals surface area contributed by atoms with Crippen molar-refractivity contribution in [2.24, 2.45) is 0 Å². The molecule has 0 unspecified atom stereocenters. The minimum atomic E-state index is -4.29. The fourth-order valence-corrected chi connectivity index (χ4v) is 2.23. The van der Waals surface area contributed by atoms with E-state index in [9.17, 15) is 22.4 Å². The van der Waals surface area contributed by atoms with Crippen molar-refractivity contribution in [3.05, 3.63) is 4.88 Å². The molecule has 0 aliphatic heterocycles. The summed E-state index contributed by atoms with van der Waals surface area (Å²) in [5, 5.41) is 5.04. The predicted octanol–water partition coefficient (Wildman–Crippen LogP) is 2.57. The van der Waals surface area contributed by atoms with Crippen molar-refractivity contribution in [2.45, 2.75) is 38.7 Å². The largest absolute Gasteiger partial charge is 0.382 e. The maximum atomic E-state index is 12.7. The van der Waals surface area contributed by atoms with E-state index in [0.717, 1.165) is 11.3 Å². The van der Waals surface area contributed by atoms with Crippen molar-refractivity contribution in [1.29, 1.82) is 0 Å². The van der Waals surface area contributed by atoms with Crippen molar-refractivity contribution in [1.82, 2.24) is 10.3 Å². The third-order valence-electron chi connectivity index (χ3n) is 2.15. The molecule has 0 saturated carbocycles. The topological polar surface area (TPSA) is 80.0 Å². The Bertz CT molecular complexity index is 513. The van der Waals surface area contributed by atoms with Gasteiger partial charge < -0.3 is 16.4 Å². The molecule has 0 radical (unpaired) electrons. The number of hydrogen-bond donors (Lipinski definition) is 3. The minimum Gasteiger partial charge on any atom is -0.382 e. The molecule has 0 aromatic carbocycles. The van der Waals surface area contributed by atoms with E-state index in [2.05, 4.69) is 10.3 Å². The number of thiazole rings is 1. The molecule has 1 rings (SSSR count). The van der Waals surface area contributed by atoms with Crippen LogP contribution in [0.3, 0.4) is 0 Å². The highest BCUT2D eigenvalue weighted by Crippen LogP contribution is 2.27. The number of nitrogens with zero attached hydrogens (tertiary/aromatic N) is 1. The summed E-state index contributed by atoms with van der Waals surface area (Å²) in [5.41, 5.74) is 5.19. The van der Waals surface area contributed by atoms with Crippen molar-refractivity contribution in [3.8, 4) is 0 Å². The zero-order valence-electron chi connectivity index (χ0n) is 11.6. The third-order valence-corrected chi connectivity index (χ3v) is 3.13. The first-order valence-corrected chi connectivity index (χ1v) is 6.72. The minimum absolute atomic E-state index is 0.105. The van der Waals surface area contributed by atoms with Gasteiger partial charge in [0.25, 0.3) is 5.91 Å². The van der Waals surface area contributed by atoms with Crippen molar-refractivity contribution in [2.75, 3.05) is 17.6 Å². The van der Waals surface area contributed by atoms with Crippen LogP contribution in [-0.2, 0) is 0 Å². The third kappa shape index (κ3) is 5.03. The van der Waals surface area contributed by atoms with Crippen LogP contribution in [0.1, 0.15) is 30.4 Å². The number of rotatable bonds is 5. The van der Waals surface area contributed by atoms with Gasteiger partial charge in [0, 0.05) is 5.54 Å². The normalized spacial score (nSPS) is 12.6. The van der Waals surface area contributed by atoms with Gasteiger partial charge in [-0.15, -0.1) is 0 Å². The molecule has 4 N–H and O–H groups in total. The summed E-state index contributed by atoms with van der Waals surface area (Å²) < 4.78 is 49.4. The number of nitrogen functional groups attached to an aromatic ring is 1. The zero-order chi connectivity index (χ0) is 16.4. The van der Waals surface area contributed by atoms with Crippen LogP contribution in [0.25, 0.3) is 0 Å². The van der Waals surface area contributed by atoms with E-state index in [1.54, 1.807) is 5.32 Å². The SMILES string of the molecule is CC(C)(C)Nc1nc(N)c(C(=O)NCC(F)(F)C(F)F)s1. The van der Waals surface area contributed by atoms with Crippen LogP contribution in [0.2, 0.25) is 0 Å². The summed E-state index contributed by atoms with van der Waals surface area (Å²) in [6, 6.07) is 0. The fraction of sp³-hybridized carbons (Fsp3) is 0.636.